The van der Waals surface area contributed by atoms with Crippen molar-refractivity contribution in [2.45, 2.75) is 173 Å². The normalized spacial score (nSPS) is 15.4. The topological polar surface area (TPSA) is 68.2 Å². The van der Waals surface area contributed by atoms with E-state index in [1.165, 1.54) is 194 Å². The average Bonchev–Trinajstić information content (AvgIpc) is 1.50. The Labute approximate surface area is 670 Å². The van der Waals surface area contributed by atoms with Crippen molar-refractivity contribution in [3.8, 4) is 101 Å². The number of para-hydroxylation sites is 2. The standard InChI is InChI=1S/C108H96N4O2/c1-11-13-15-17-33-57-108(58-34-18-16-14-12-2)83-44-30-25-39-72(83)75-53-48-68(60-88(75)108)67-47-52-73-74-54-49-69(61-85(74)104(3,4)84(73)59-67)81-64-89-92(94-79-41-27-31-45-90(79)113-99(81)94)77-55-50-70(62-86(77)105(89,5)6)112(103-110-101(65-35-21-19-22-36-65)109-102(111-103)66-37-23-20-24-38-66)71-51-56-78-87(63-71)107(9,10)98-96(78)100-95(80-42-28-32-46-91(80)114-100)93-76-40-26-29-43-82(76)106(7,8)97(93)98/h19-32,35-56,59-64H,11-18,33-34,57-58H2,1-10H3. The van der Waals surface area contributed by atoms with E-state index in [9.17, 15) is 0 Å². The van der Waals surface area contributed by atoms with Crippen molar-refractivity contribution in [2.24, 2.45) is 0 Å². The van der Waals surface area contributed by atoms with Gasteiger partial charge in [0.05, 0.1) is 0 Å². The van der Waals surface area contributed by atoms with Gasteiger partial charge in [0.25, 0.3) is 0 Å². The minimum Gasteiger partial charge on any atom is -0.455 e. The van der Waals surface area contributed by atoms with Gasteiger partial charge in [-0.25, -0.2) is 4.98 Å². The van der Waals surface area contributed by atoms with E-state index in [-0.39, 0.29) is 16.2 Å². The molecule has 5 aliphatic rings. The van der Waals surface area contributed by atoms with Gasteiger partial charge >= 0.3 is 0 Å². The molecule has 0 radical (unpaired) electrons. The van der Waals surface area contributed by atoms with Crippen LogP contribution in [0, 0.1) is 0 Å². The second kappa shape index (κ2) is 26.2. The van der Waals surface area contributed by atoms with Gasteiger partial charge in [-0.2, -0.15) is 9.97 Å². The summed E-state index contributed by atoms with van der Waals surface area (Å²) < 4.78 is 14.5. The van der Waals surface area contributed by atoms with Crippen LogP contribution in [-0.2, 0) is 27.1 Å². The summed E-state index contributed by atoms with van der Waals surface area (Å²) in [5, 5.41) is 4.59. The molecule has 0 spiro atoms. The zero-order chi connectivity index (χ0) is 77.3. The number of fused-ring (bicyclic) bond motifs is 25. The molecule has 0 amide bonds. The molecule has 0 atom stereocenters. The summed E-state index contributed by atoms with van der Waals surface area (Å²) in [7, 11) is 0. The highest BCUT2D eigenvalue weighted by Gasteiger charge is 2.50. The van der Waals surface area contributed by atoms with Crippen LogP contribution in [0.25, 0.3) is 145 Å². The number of unbranched alkanes of at least 4 members (excludes halogenated alkanes) is 8. The van der Waals surface area contributed by atoms with Crippen LogP contribution in [0.3, 0.4) is 0 Å². The molecule has 3 heterocycles. The second-order valence-corrected chi connectivity index (χ2v) is 35.5. The fraction of sp³-hybridized carbons (Fsp3) is 0.250. The highest BCUT2D eigenvalue weighted by atomic mass is 16.3. The number of benzene rings is 13. The SMILES string of the molecule is CCCCCCCC1(CCCCCCC)c2ccccc2-c2ccc(-c3ccc4c(c3)C(C)(C)c3cc(-c5cc6c(c7c5oc5ccccc57)-c5ccc(N(c7ccc8c(c7)C(C)(C)c7c9c(c%10c(oc%11ccccc%11%10)c7-8)-c7ccccc7C9(C)C)c7nc(-c8ccccc8)nc(-c8ccccc8)n7)cc5C6(C)C)ccc3-4)cc21. The summed E-state index contributed by atoms with van der Waals surface area (Å²) in [6.45, 7) is 24.1. The second-order valence-electron chi connectivity index (χ2n) is 35.5. The monoisotopic (exact) mass is 1480 g/mol. The van der Waals surface area contributed by atoms with Crippen LogP contribution in [0.4, 0.5) is 17.3 Å². The fourth-order valence-corrected chi connectivity index (χ4v) is 21.8. The van der Waals surface area contributed by atoms with Crippen molar-refractivity contribution in [3.05, 3.63) is 310 Å². The number of hydrogen-bond donors (Lipinski definition) is 0. The molecule has 0 unspecified atom stereocenters. The number of anilines is 3. The summed E-state index contributed by atoms with van der Waals surface area (Å²) in [6, 6.07) is 95.3. The predicted octanol–water partition coefficient (Wildman–Crippen LogP) is 30.0. The Morgan fingerprint density at radius 2 is 0.711 bits per heavy atom. The van der Waals surface area contributed by atoms with E-state index in [0.29, 0.717) is 17.6 Å². The molecule has 13 aromatic carbocycles. The molecule has 0 aliphatic heterocycles. The first-order valence-corrected chi connectivity index (χ1v) is 42.1. The van der Waals surface area contributed by atoms with Gasteiger partial charge < -0.3 is 8.83 Å². The minimum atomic E-state index is -0.493. The molecule has 6 heteroatoms. The molecule has 0 bridgehead atoms. The Balaban J connectivity index is 0.690. The zero-order valence-corrected chi connectivity index (χ0v) is 67.3. The summed E-state index contributed by atoms with van der Waals surface area (Å²) in [4.78, 5) is 18.7. The fourth-order valence-electron chi connectivity index (χ4n) is 21.8. The lowest BCUT2D eigenvalue weighted by atomic mass is 9.70. The molecule has 0 N–H and O–H groups in total. The quantitative estimate of drug-likeness (QED) is 0.0752. The number of hydrogen-bond acceptors (Lipinski definition) is 6. The van der Waals surface area contributed by atoms with E-state index in [4.69, 9.17) is 23.8 Å². The molecule has 114 heavy (non-hydrogen) atoms. The summed E-state index contributed by atoms with van der Waals surface area (Å²) >= 11 is 0. The van der Waals surface area contributed by atoms with Gasteiger partial charge in [0.15, 0.2) is 11.6 Å². The van der Waals surface area contributed by atoms with E-state index in [2.05, 4.69) is 317 Å². The van der Waals surface area contributed by atoms with E-state index in [1.54, 1.807) is 11.1 Å². The van der Waals surface area contributed by atoms with Gasteiger partial charge in [0, 0.05) is 82.2 Å². The molecular weight excluding hydrogens is 1390 g/mol. The molecular formula is C108H96N4O2. The van der Waals surface area contributed by atoms with Crippen molar-refractivity contribution < 1.29 is 8.83 Å². The maximum atomic E-state index is 7.29. The number of rotatable bonds is 19. The van der Waals surface area contributed by atoms with E-state index < -0.39 is 10.8 Å². The molecule has 3 aromatic heterocycles. The summed E-state index contributed by atoms with van der Waals surface area (Å²) in [5.74, 6) is 1.71. The van der Waals surface area contributed by atoms with E-state index >= 15 is 0 Å². The van der Waals surface area contributed by atoms with Crippen molar-refractivity contribution in [1.29, 1.82) is 0 Å². The lowest BCUT2D eigenvalue weighted by Gasteiger charge is -2.33. The van der Waals surface area contributed by atoms with Gasteiger partial charge in [-0.1, -0.05) is 328 Å². The zero-order valence-electron chi connectivity index (χ0n) is 67.3. The third-order valence-corrected chi connectivity index (χ3v) is 27.6. The molecule has 0 saturated carbocycles. The lowest BCUT2D eigenvalue weighted by molar-refractivity contribution is 0.399. The third kappa shape index (κ3) is 10.3. The molecule has 0 saturated heterocycles. The molecule has 560 valence electrons. The smallest absolute Gasteiger partial charge is 0.238 e. The third-order valence-electron chi connectivity index (χ3n) is 27.6. The lowest BCUT2D eigenvalue weighted by Crippen LogP contribution is -2.25. The maximum absolute atomic E-state index is 7.29. The van der Waals surface area contributed by atoms with Crippen molar-refractivity contribution >= 4 is 61.2 Å². The van der Waals surface area contributed by atoms with Gasteiger partial charge in [0.1, 0.15) is 22.3 Å². The predicted molar refractivity (Wildman–Crippen MR) is 474 cm³/mol. The van der Waals surface area contributed by atoms with Crippen molar-refractivity contribution in [3.63, 3.8) is 0 Å². The van der Waals surface area contributed by atoms with Crippen LogP contribution >= 0.6 is 0 Å². The van der Waals surface area contributed by atoms with Crippen LogP contribution < -0.4 is 4.90 Å². The Morgan fingerprint density at radius 1 is 0.289 bits per heavy atom. The molecule has 6 nitrogen and oxygen atoms in total. The Kier molecular flexibility index (Phi) is 16.1. The average molecular weight is 1480 g/mol. The molecule has 0 fully saturated rings. The van der Waals surface area contributed by atoms with Crippen molar-refractivity contribution in [2.75, 3.05) is 4.90 Å². The van der Waals surface area contributed by atoms with Gasteiger partial charge in [-0.05, 0) is 196 Å². The molecule has 16 aromatic rings. The van der Waals surface area contributed by atoms with Crippen LogP contribution in [0.2, 0.25) is 0 Å². The largest absolute Gasteiger partial charge is 0.455 e. The van der Waals surface area contributed by atoms with Crippen LogP contribution in [0.15, 0.2) is 264 Å². The minimum absolute atomic E-state index is 0.0151. The van der Waals surface area contributed by atoms with Crippen LogP contribution in [0.1, 0.15) is 202 Å². The molecule has 5 aliphatic carbocycles. The Bertz CT molecular complexity index is 6590. The number of nitrogens with zero attached hydrogens (tertiary/aromatic N) is 4. The summed E-state index contributed by atoms with van der Waals surface area (Å²) in [5.41, 5.74) is 37.0. The van der Waals surface area contributed by atoms with Gasteiger partial charge in [-0.3, -0.25) is 4.90 Å². The van der Waals surface area contributed by atoms with Crippen LogP contribution in [-0.4, -0.2) is 15.0 Å². The first kappa shape index (κ1) is 70.2. The first-order chi connectivity index (χ1) is 55.5. The van der Waals surface area contributed by atoms with Crippen molar-refractivity contribution in [1.82, 2.24) is 15.0 Å². The number of furan rings is 2. The van der Waals surface area contributed by atoms with E-state index in [0.717, 1.165) is 72.1 Å². The van der Waals surface area contributed by atoms with Gasteiger partial charge in [-0.15, -0.1) is 0 Å². The highest BCUT2D eigenvalue weighted by Crippen LogP contribution is 2.65. The highest BCUT2D eigenvalue weighted by molar-refractivity contribution is 6.22. The van der Waals surface area contributed by atoms with E-state index in [1.807, 2.05) is 12.1 Å². The van der Waals surface area contributed by atoms with Gasteiger partial charge in [0.2, 0.25) is 5.95 Å². The summed E-state index contributed by atoms with van der Waals surface area (Å²) in [6.07, 6.45) is 15.3. The number of aromatic nitrogens is 3. The first-order valence-electron chi connectivity index (χ1n) is 42.1. The van der Waals surface area contributed by atoms with Crippen LogP contribution in [0.5, 0.6) is 0 Å². The maximum Gasteiger partial charge on any atom is 0.238 e. The molecule has 21 rings (SSSR count). The Hall–Kier alpha value is -11.7. The Morgan fingerprint density at radius 3 is 1.32 bits per heavy atom.